The molecule has 1 spiro atoms. The molecule has 1 aromatic rings. The Labute approximate surface area is 119 Å². The van der Waals surface area contributed by atoms with E-state index in [1.165, 1.54) is 0 Å². The molecular weight excluding hydrogens is 254 g/mol. The summed E-state index contributed by atoms with van der Waals surface area (Å²) in [4.78, 5) is 0. The third-order valence-corrected chi connectivity index (χ3v) is 3.70. The first kappa shape index (κ1) is 13.3. The maximum Gasteiger partial charge on any atom is 0.141 e. The van der Waals surface area contributed by atoms with E-state index in [1.54, 1.807) is 0 Å². The van der Waals surface area contributed by atoms with Crippen molar-refractivity contribution in [2.75, 3.05) is 26.3 Å². The van der Waals surface area contributed by atoms with E-state index >= 15 is 0 Å². The Kier molecular flexibility index (Phi) is 3.57. The van der Waals surface area contributed by atoms with Crippen LogP contribution in [0.3, 0.4) is 0 Å². The lowest BCUT2D eigenvalue weighted by molar-refractivity contribution is 0.137. The fraction of sp³-hybridized carbons (Fsp3) is 0.500. The Morgan fingerprint density at radius 3 is 2.80 bits per heavy atom. The van der Waals surface area contributed by atoms with Crippen LogP contribution >= 0.6 is 0 Å². The predicted octanol–water partition coefficient (Wildman–Crippen LogP) is 2.62. The van der Waals surface area contributed by atoms with Crippen molar-refractivity contribution < 1.29 is 14.2 Å². The minimum Gasteiger partial charge on any atom is -0.494 e. The Hall–Kier alpha value is -1.68. The summed E-state index contributed by atoms with van der Waals surface area (Å²) in [6, 6.07) is 3.90. The number of rotatable bonds is 4. The topological polar surface area (TPSA) is 39.7 Å². The van der Waals surface area contributed by atoms with Gasteiger partial charge in [0, 0.05) is 25.1 Å². The van der Waals surface area contributed by atoms with Crippen molar-refractivity contribution in [1.82, 2.24) is 5.32 Å². The lowest BCUT2D eigenvalue weighted by Crippen LogP contribution is -2.37. The second kappa shape index (κ2) is 5.37. The number of hydrogen-bond acceptors (Lipinski definition) is 4. The van der Waals surface area contributed by atoms with Crippen molar-refractivity contribution in [3.8, 4) is 17.2 Å². The zero-order valence-electron chi connectivity index (χ0n) is 12.1. The van der Waals surface area contributed by atoms with Crippen LogP contribution in [-0.2, 0) is 0 Å². The highest BCUT2D eigenvalue weighted by Gasteiger charge is 2.36. The van der Waals surface area contributed by atoms with Crippen molar-refractivity contribution in [3.05, 3.63) is 23.8 Å². The van der Waals surface area contributed by atoms with Crippen LogP contribution in [-0.4, -0.2) is 31.9 Å². The first-order valence-corrected chi connectivity index (χ1v) is 7.29. The van der Waals surface area contributed by atoms with Crippen LogP contribution in [0.25, 0.3) is 6.08 Å². The van der Waals surface area contributed by atoms with Crippen molar-refractivity contribution in [2.45, 2.75) is 25.9 Å². The van der Waals surface area contributed by atoms with E-state index in [4.69, 9.17) is 14.2 Å². The van der Waals surface area contributed by atoms with Crippen LogP contribution in [0.15, 0.2) is 18.2 Å². The lowest BCUT2D eigenvalue weighted by Gasteiger charge is -2.31. The van der Waals surface area contributed by atoms with Crippen LogP contribution in [0, 0.1) is 0 Å². The molecule has 0 aliphatic carbocycles. The van der Waals surface area contributed by atoms with Gasteiger partial charge >= 0.3 is 0 Å². The van der Waals surface area contributed by atoms with Gasteiger partial charge in [-0.3, -0.25) is 0 Å². The van der Waals surface area contributed by atoms with E-state index in [-0.39, 0.29) is 5.60 Å². The van der Waals surface area contributed by atoms with Gasteiger partial charge in [0.05, 0.1) is 18.8 Å². The van der Waals surface area contributed by atoms with Gasteiger partial charge in [0.15, 0.2) is 0 Å². The second-order valence-corrected chi connectivity index (χ2v) is 5.13. The van der Waals surface area contributed by atoms with E-state index in [9.17, 15) is 0 Å². The largest absolute Gasteiger partial charge is 0.494 e. The van der Waals surface area contributed by atoms with Crippen molar-refractivity contribution in [2.24, 2.45) is 0 Å². The zero-order valence-corrected chi connectivity index (χ0v) is 12.1. The molecule has 0 amide bonds. The quantitative estimate of drug-likeness (QED) is 0.917. The van der Waals surface area contributed by atoms with Crippen molar-refractivity contribution >= 4 is 6.08 Å². The van der Waals surface area contributed by atoms with E-state index in [0.717, 1.165) is 42.3 Å². The first-order chi connectivity index (χ1) is 9.76. The van der Waals surface area contributed by atoms with Crippen molar-refractivity contribution in [1.29, 1.82) is 0 Å². The molecule has 2 heterocycles. The predicted molar refractivity (Wildman–Crippen MR) is 78.7 cm³/mol. The van der Waals surface area contributed by atoms with Gasteiger partial charge in [0.2, 0.25) is 0 Å². The Morgan fingerprint density at radius 1 is 1.25 bits per heavy atom. The third kappa shape index (κ3) is 2.36. The van der Waals surface area contributed by atoms with E-state index in [1.807, 2.05) is 26.0 Å². The van der Waals surface area contributed by atoms with E-state index < -0.39 is 0 Å². The molecule has 4 nitrogen and oxygen atoms in total. The Bertz CT molecular complexity index is 519. The number of benzene rings is 1. The highest BCUT2D eigenvalue weighted by molar-refractivity contribution is 5.69. The summed E-state index contributed by atoms with van der Waals surface area (Å²) in [7, 11) is 0. The van der Waals surface area contributed by atoms with Gasteiger partial charge < -0.3 is 19.5 Å². The third-order valence-electron chi connectivity index (χ3n) is 3.70. The summed E-state index contributed by atoms with van der Waals surface area (Å²) < 4.78 is 17.6. The van der Waals surface area contributed by atoms with Gasteiger partial charge in [-0.05, 0) is 32.5 Å². The van der Waals surface area contributed by atoms with Gasteiger partial charge in [-0.1, -0.05) is 0 Å². The maximum absolute atomic E-state index is 6.25. The number of fused-ring (bicyclic) bond motifs is 1. The molecule has 4 heteroatoms. The standard InChI is InChI=1S/C16H21NO3/c1-3-18-12-9-14(19-4-2)13-5-6-16(7-8-17-11-16)20-15(13)10-12/h5-6,9-10,17H,3-4,7-8,11H2,1-2H3. The highest BCUT2D eigenvalue weighted by Crippen LogP contribution is 2.41. The average Bonchev–Trinajstić information content (AvgIpc) is 2.87. The fourth-order valence-corrected chi connectivity index (χ4v) is 2.76. The van der Waals surface area contributed by atoms with Gasteiger partial charge in [-0.2, -0.15) is 0 Å². The van der Waals surface area contributed by atoms with E-state index in [0.29, 0.717) is 13.2 Å². The molecule has 1 N–H and O–H groups in total. The fourth-order valence-electron chi connectivity index (χ4n) is 2.76. The molecular formula is C16H21NO3. The minimum absolute atomic E-state index is 0.207. The van der Waals surface area contributed by atoms with E-state index in [2.05, 4.69) is 17.5 Å². The summed E-state index contributed by atoms with van der Waals surface area (Å²) in [5.41, 5.74) is 0.800. The summed E-state index contributed by atoms with van der Waals surface area (Å²) in [5, 5.41) is 3.35. The minimum atomic E-state index is -0.207. The molecule has 2 aliphatic heterocycles. The first-order valence-electron chi connectivity index (χ1n) is 7.29. The van der Waals surface area contributed by atoms with Crippen LogP contribution < -0.4 is 19.5 Å². The molecule has 1 fully saturated rings. The van der Waals surface area contributed by atoms with Gasteiger partial charge in [-0.15, -0.1) is 0 Å². The molecule has 1 unspecified atom stereocenters. The summed E-state index contributed by atoms with van der Waals surface area (Å²) in [6.45, 7) is 7.06. The molecule has 0 aromatic heterocycles. The Balaban J connectivity index is 1.98. The van der Waals surface area contributed by atoms with Crippen LogP contribution in [0.4, 0.5) is 0 Å². The lowest BCUT2D eigenvalue weighted by atomic mass is 9.97. The molecule has 0 radical (unpaired) electrons. The SMILES string of the molecule is CCOc1cc(OCC)c2c(c1)OC1(C=C2)CCNC1. The highest BCUT2D eigenvalue weighted by atomic mass is 16.5. The summed E-state index contributed by atoms with van der Waals surface area (Å²) in [6.07, 6.45) is 5.26. The number of ether oxygens (including phenoxy) is 3. The molecule has 1 saturated heterocycles. The van der Waals surface area contributed by atoms with Crippen LogP contribution in [0.1, 0.15) is 25.8 Å². The number of nitrogens with one attached hydrogen (secondary N) is 1. The summed E-state index contributed by atoms with van der Waals surface area (Å²) in [5.74, 6) is 2.47. The molecule has 1 atom stereocenters. The summed E-state index contributed by atoms with van der Waals surface area (Å²) >= 11 is 0. The zero-order chi connectivity index (χ0) is 14.0. The maximum atomic E-state index is 6.25. The average molecular weight is 275 g/mol. The van der Waals surface area contributed by atoms with Gasteiger partial charge in [0.25, 0.3) is 0 Å². The number of hydrogen-bond donors (Lipinski definition) is 1. The molecule has 20 heavy (non-hydrogen) atoms. The molecule has 3 rings (SSSR count). The second-order valence-electron chi connectivity index (χ2n) is 5.13. The molecule has 2 aliphatic rings. The van der Waals surface area contributed by atoms with Crippen LogP contribution in [0.5, 0.6) is 17.2 Å². The van der Waals surface area contributed by atoms with Crippen molar-refractivity contribution in [3.63, 3.8) is 0 Å². The normalized spacial score (nSPS) is 23.5. The smallest absolute Gasteiger partial charge is 0.141 e. The molecule has 0 bridgehead atoms. The monoisotopic (exact) mass is 275 g/mol. The van der Waals surface area contributed by atoms with Crippen LogP contribution in [0.2, 0.25) is 0 Å². The molecule has 1 aromatic carbocycles. The molecule has 0 saturated carbocycles. The van der Waals surface area contributed by atoms with Gasteiger partial charge in [-0.25, -0.2) is 0 Å². The molecule has 108 valence electrons. The Morgan fingerprint density at radius 2 is 2.10 bits per heavy atom. The van der Waals surface area contributed by atoms with Gasteiger partial charge in [0.1, 0.15) is 22.8 Å².